The molecule has 30 heavy (non-hydrogen) atoms. The molecule has 1 N–H and O–H groups in total. The van der Waals surface area contributed by atoms with Gasteiger partial charge in [-0.05, 0) is 30.7 Å². The van der Waals surface area contributed by atoms with Crippen LogP contribution in [0.2, 0.25) is 0 Å². The molecule has 0 saturated carbocycles. The monoisotopic (exact) mass is 421 g/mol. The average Bonchev–Trinajstić information content (AvgIpc) is 2.97. The quantitative estimate of drug-likeness (QED) is 0.593. The summed E-state index contributed by atoms with van der Waals surface area (Å²) in [4.78, 5) is 25.2. The number of hydrogen-bond donors (Lipinski definition) is 1. The Kier molecular flexibility index (Phi) is 6.49. The van der Waals surface area contributed by atoms with Crippen molar-refractivity contribution in [3.05, 3.63) is 59.0 Å². The zero-order valence-corrected chi connectivity index (χ0v) is 16.4. The van der Waals surface area contributed by atoms with Gasteiger partial charge in [-0.2, -0.15) is 13.2 Å². The first-order valence-electron chi connectivity index (χ1n) is 9.56. The number of benzene rings is 2. The molecule has 0 spiro atoms. The summed E-state index contributed by atoms with van der Waals surface area (Å²) in [5, 5.41) is 2.56. The van der Waals surface area contributed by atoms with Gasteiger partial charge in [0.1, 0.15) is 5.75 Å². The number of halogens is 3. The predicted molar refractivity (Wildman–Crippen MR) is 108 cm³/mol. The van der Waals surface area contributed by atoms with Gasteiger partial charge in [-0.15, -0.1) is 0 Å². The predicted octanol–water partition coefficient (Wildman–Crippen LogP) is 4.18. The van der Waals surface area contributed by atoms with Crippen molar-refractivity contribution in [2.24, 2.45) is 0 Å². The standard InChI is InChI=1S/C21H22F3N3O3/c1-2-12-26-16-8-4-5-9-17(16)27(20(26)29)13-11-19(28)25-15-7-3-6-10-18(15)30-14-21(22,23)24/h3-10H,2,11-14H2,1H3,(H,25,28). The Hall–Kier alpha value is -3.23. The fraction of sp³-hybridized carbons (Fsp3) is 0.333. The molecule has 0 unspecified atom stereocenters. The van der Waals surface area contributed by atoms with Gasteiger partial charge in [0.15, 0.2) is 6.61 Å². The number of nitrogens with zero attached hydrogens (tertiary/aromatic N) is 2. The van der Waals surface area contributed by atoms with E-state index in [4.69, 9.17) is 4.74 Å². The van der Waals surface area contributed by atoms with Gasteiger partial charge in [-0.25, -0.2) is 4.79 Å². The van der Waals surface area contributed by atoms with Crippen LogP contribution in [-0.2, 0) is 17.9 Å². The Morgan fingerprint density at radius 1 is 1.00 bits per heavy atom. The van der Waals surface area contributed by atoms with Crippen molar-refractivity contribution in [1.82, 2.24) is 9.13 Å². The van der Waals surface area contributed by atoms with Gasteiger partial charge in [0.05, 0.1) is 16.7 Å². The summed E-state index contributed by atoms with van der Waals surface area (Å²) in [5.74, 6) is -0.503. The molecule has 3 rings (SSSR count). The Labute approximate surface area is 170 Å². The Morgan fingerprint density at radius 2 is 1.60 bits per heavy atom. The number of alkyl halides is 3. The van der Waals surface area contributed by atoms with Gasteiger partial charge >= 0.3 is 11.9 Å². The number of anilines is 1. The van der Waals surface area contributed by atoms with E-state index >= 15 is 0 Å². The summed E-state index contributed by atoms with van der Waals surface area (Å²) < 4.78 is 45.2. The summed E-state index contributed by atoms with van der Waals surface area (Å²) >= 11 is 0. The minimum Gasteiger partial charge on any atom is -0.482 e. The maximum absolute atomic E-state index is 12.8. The van der Waals surface area contributed by atoms with Crippen molar-refractivity contribution in [1.29, 1.82) is 0 Å². The number of para-hydroxylation sites is 4. The number of aromatic nitrogens is 2. The second-order valence-electron chi connectivity index (χ2n) is 6.77. The molecule has 6 nitrogen and oxygen atoms in total. The molecule has 0 radical (unpaired) electrons. The fourth-order valence-electron chi connectivity index (χ4n) is 3.21. The molecule has 1 heterocycles. The summed E-state index contributed by atoms with van der Waals surface area (Å²) in [5.41, 5.74) is 1.49. The van der Waals surface area contributed by atoms with E-state index in [1.807, 2.05) is 31.2 Å². The number of carbonyl (C=O) groups is 1. The molecule has 2 aromatic carbocycles. The van der Waals surface area contributed by atoms with Crippen LogP contribution in [0.25, 0.3) is 11.0 Å². The third kappa shape index (κ3) is 5.03. The molecule has 1 amide bonds. The molecule has 0 atom stereocenters. The zero-order valence-electron chi connectivity index (χ0n) is 16.4. The van der Waals surface area contributed by atoms with Gasteiger partial charge in [0.2, 0.25) is 5.91 Å². The lowest BCUT2D eigenvalue weighted by Gasteiger charge is -2.13. The summed E-state index contributed by atoms with van der Waals surface area (Å²) in [7, 11) is 0. The lowest BCUT2D eigenvalue weighted by Crippen LogP contribution is -2.26. The summed E-state index contributed by atoms with van der Waals surface area (Å²) in [6, 6.07) is 13.3. The van der Waals surface area contributed by atoms with Crippen LogP contribution in [-0.4, -0.2) is 27.8 Å². The third-order valence-corrected chi connectivity index (χ3v) is 4.49. The van der Waals surface area contributed by atoms with Crippen LogP contribution in [0, 0.1) is 0 Å². The van der Waals surface area contributed by atoms with E-state index in [1.165, 1.54) is 22.8 Å². The van der Waals surface area contributed by atoms with Gasteiger partial charge in [0, 0.05) is 19.5 Å². The maximum atomic E-state index is 12.8. The van der Waals surface area contributed by atoms with Crippen LogP contribution in [0.15, 0.2) is 53.3 Å². The molecule has 0 aliphatic carbocycles. The van der Waals surface area contributed by atoms with E-state index in [9.17, 15) is 22.8 Å². The number of amides is 1. The molecule has 3 aromatic rings. The van der Waals surface area contributed by atoms with Crippen LogP contribution in [0.3, 0.4) is 0 Å². The highest BCUT2D eigenvalue weighted by Gasteiger charge is 2.28. The summed E-state index contributed by atoms with van der Waals surface area (Å²) in [6.45, 7) is 1.24. The van der Waals surface area contributed by atoms with Crippen molar-refractivity contribution in [2.45, 2.75) is 39.0 Å². The number of imidazole rings is 1. The first-order valence-corrected chi connectivity index (χ1v) is 9.56. The number of aryl methyl sites for hydroxylation is 2. The van der Waals surface area contributed by atoms with Gasteiger partial charge in [-0.3, -0.25) is 13.9 Å². The zero-order chi connectivity index (χ0) is 21.7. The van der Waals surface area contributed by atoms with E-state index in [-0.39, 0.29) is 30.1 Å². The maximum Gasteiger partial charge on any atom is 0.422 e. The van der Waals surface area contributed by atoms with Crippen molar-refractivity contribution >= 4 is 22.6 Å². The van der Waals surface area contributed by atoms with Crippen LogP contribution in [0.4, 0.5) is 18.9 Å². The molecule has 0 bridgehead atoms. The highest BCUT2D eigenvalue weighted by molar-refractivity contribution is 5.92. The second-order valence-corrected chi connectivity index (χ2v) is 6.77. The number of hydrogen-bond acceptors (Lipinski definition) is 3. The van der Waals surface area contributed by atoms with E-state index in [0.717, 1.165) is 17.5 Å². The molecule has 0 aliphatic rings. The largest absolute Gasteiger partial charge is 0.482 e. The van der Waals surface area contributed by atoms with E-state index in [1.54, 1.807) is 10.6 Å². The Balaban J connectivity index is 1.72. The number of rotatable bonds is 8. The molecule has 0 fully saturated rings. The topological polar surface area (TPSA) is 65.3 Å². The lowest BCUT2D eigenvalue weighted by atomic mass is 10.2. The smallest absolute Gasteiger partial charge is 0.422 e. The lowest BCUT2D eigenvalue weighted by molar-refractivity contribution is -0.153. The van der Waals surface area contributed by atoms with Crippen LogP contribution >= 0.6 is 0 Å². The molecule has 0 saturated heterocycles. The second kappa shape index (κ2) is 9.06. The van der Waals surface area contributed by atoms with Gasteiger partial charge in [0.25, 0.3) is 0 Å². The van der Waals surface area contributed by atoms with E-state index in [2.05, 4.69) is 5.32 Å². The number of fused-ring (bicyclic) bond motifs is 1. The first kappa shape index (κ1) is 21.5. The molecule has 0 aliphatic heterocycles. The minimum atomic E-state index is -4.48. The Morgan fingerprint density at radius 3 is 2.23 bits per heavy atom. The molecular weight excluding hydrogens is 399 g/mol. The van der Waals surface area contributed by atoms with Crippen LogP contribution in [0.1, 0.15) is 19.8 Å². The normalized spacial score (nSPS) is 11.6. The van der Waals surface area contributed by atoms with Crippen molar-refractivity contribution in [2.75, 3.05) is 11.9 Å². The highest BCUT2D eigenvalue weighted by Crippen LogP contribution is 2.26. The first-order chi connectivity index (χ1) is 14.3. The van der Waals surface area contributed by atoms with Gasteiger partial charge in [-0.1, -0.05) is 31.2 Å². The molecule has 160 valence electrons. The SMILES string of the molecule is CCCn1c(=O)n(CCC(=O)Nc2ccccc2OCC(F)(F)F)c2ccccc21. The molecule has 9 heteroatoms. The molecule has 1 aromatic heterocycles. The van der Waals surface area contributed by atoms with Gasteiger partial charge < -0.3 is 10.1 Å². The minimum absolute atomic E-state index is 0.0202. The number of nitrogens with one attached hydrogen (secondary N) is 1. The van der Waals surface area contributed by atoms with Crippen molar-refractivity contribution in [3.8, 4) is 5.75 Å². The van der Waals surface area contributed by atoms with Crippen molar-refractivity contribution < 1.29 is 22.7 Å². The van der Waals surface area contributed by atoms with Crippen LogP contribution < -0.4 is 15.7 Å². The fourth-order valence-corrected chi connectivity index (χ4v) is 3.21. The number of carbonyl (C=O) groups excluding carboxylic acids is 1. The van der Waals surface area contributed by atoms with E-state index in [0.29, 0.717) is 6.54 Å². The number of ether oxygens (including phenoxy) is 1. The third-order valence-electron chi connectivity index (χ3n) is 4.49. The van der Waals surface area contributed by atoms with Crippen LogP contribution in [0.5, 0.6) is 5.75 Å². The average molecular weight is 421 g/mol. The van der Waals surface area contributed by atoms with Crippen molar-refractivity contribution in [3.63, 3.8) is 0 Å². The summed E-state index contributed by atoms with van der Waals surface area (Å²) in [6.07, 6.45) is -3.71. The molecular formula is C21H22F3N3O3. The highest BCUT2D eigenvalue weighted by atomic mass is 19.4. The Bertz CT molecular complexity index is 1090. The van der Waals surface area contributed by atoms with E-state index < -0.39 is 18.7 Å².